The molecule has 2 saturated heterocycles. The average molecular weight is 242 g/mol. The topological polar surface area (TPSA) is 61.8 Å². The van der Waals surface area contributed by atoms with E-state index in [9.17, 15) is 9.90 Å². The normalized spacial score (nSPS) is 32.8. The van der Waals surface area contributed by atoms with Crippen LogP contribution in [0.25, 0.3) is 0 Å². The van der Waals surface area contributed by atoms with Gasteiger partial charge in [-0.05, 0) is 26.8 Å². The zero-order chi connectivity index (χ0) is 12.5. The van der Waals surface area contributed by atoms with Gasteiger partial charge in [0.2, 0.25) is 5.91 Å². The summed E-state index contributed by atoms with van der Waals surface area (Å²) in [4.78, 5) is 14.1. The second-order valence-corrected chi connectivity index (χ2v) is 5.59. The minimum absolute atomic E-state index is 0.0316. The monoisotopic (exact) mass is 242 g/mol. The summed E-state index contributed by atoms with van der Waals surface area (Å²) < 4.78 is 5.71. The predicted octanol–water partition coefficient (Wildman–Crippen LogP) is -0.406. The summed E-state index contributed by atoms with van der Waals surface area (Å²) in [6.07, 6.45) is 0.664. The van der Waals surface area contributed by atoms with Crippen molar-refractivity contribution in [1.82, 2.24) is 10.2 Å². The van der Waals surface area contributed by atoms with Gasteiger partial charge in [-0.2, -0.15) is 0 Å². The molecule has 0 spiro atoms. The van der Waals surface area contributed by atoms with E-state index in [0.29, 0.717) is 13.1 Å². The lowest BCUT2D eigenvalue weighted by Gasteiger charge is -2.43. The van der Waals surface area contributed by atoms with Crippen LogP contribution in [0.15, 0.2) is 0 Å². The van der Waals surface area contributed by atoms with Crippen LogP contribution < -0.4 is 5.32 Å². The third-order valence-corrected chi connectivity index (χ3v) is 3.41. The molecule has 0 radical (unpaired) electrons. The molecule has 2 atom stereocenters. The Hall–Kier alpha value is -0.650. The minimum Gasteiger partial charge on any atom is -0.394 e. The van der Waals surface area contributed by atoms with Crippen LogP contribution in [0, 0.1) is 5.92 Å². The van der Waals surface area contributed by atoms with Crippen molar-refractivity contribution in [2.45, 2.75) is 32.0 Å². The molecule has 2 N–H and O–H groups in total. The maximum absolute atomic E-state index is 12.3. The average Bonchev–Trinajstić information content (AvgIpc) is 2.79. The van der Waals surface area contributed by atoms with Crippen molar-refractivity contribution in [3.8, 4) is 0 Å². The summed E-state index contributed by atoms with van der Waals surface area (Å²) in [5.41, 5.74) is -0.368. The molecule has 0 bridgehead atoms. The molecule has 5 nitrogen and oxygen atoms in total. The Labute approximate surface area is 102 Å². The van der Waals surface area contributed by atoms with Gasteiger partial charge in [-0.25, -0.2) is 0 Å². The number of rotatable bonds is 2. The molecule has 1 amide bonds. The van der Waals surface area contributed by atoms with Crippen LogP contribution in [0.5, 0.6) is 0 Å². The van der Waals surface area contributed by atoms with Crippen molar-refractivity contribution in [3.63, 3.8) is 0 Å². The highest BCUT2D eigenvalue weighted by Gasteiger charge is 2.37. The summed E-state index contributed by atoms with van der Waals surface area (Å²) in [5.74, 6) is 0.299. The van der Waals surface area contributed by atoms with E-state index in [2.05, 4.69) is 5.32 Å². The Kier molecular flexibility index (Phi) is 3.70. The fourth-order valence-electron chi connectivity index (χ4n) is 2.68. The van der Waals surface area contributed by atoms with Crippen LogP contribution in [-0.2, 0) is 9.53 Å². The fourth-order valence-corrected chi connectivity index (χ4v) is 2.68. The van der Waals surface area contributed by atoms with Gasteiger partial charge >= 0.3 is 0 Å². The Balaban J connectivity index is 2.01. The van der Waals surface area contributed by atoms with Gasteiger partial charge in [0.25, 0.3) is 0 Å². The van der Waals surface area contributed by atoms with Gasteiger partial charge in [0, 0.05) is 19.6 Å². The number of aliphatic hydroxyl groups excluding tert-OH is 1. The summed E-state index contributed by atoms with van der Waals surface area (Å²) in [6, 6.07) is 0. The molecular formula is C12H22N2O3. The molecule has 17 heavy (non-hydrogen) atoms. The Morgan fingerprint density at radius 2 is 2.35 bits per heavy atom. The van der Waals surface area contributed by atoms with E-state index < -0.39 is 0 Å². The summed E-state index contributed by atoms with van der Waals surface area (Å²) in [5, 5.41) is 12.4. The summed E-state index contributed by atoms with van der Waals surface area (Å²) >= 11 is 0. The molecule has 0 aromatic heterocycles. The van der Waals surface area contributed by atoms with Gasteiger partial charge in [0.1, 0.15) is 0 Å². The molecule has 2 rings (SSSR count). The molecule has 2 heterocycles. The lowest BCUT2D eigenvalue weighted by atomic mass is 10.0. The van der Waals surface area contributed by atoms with E-state index in [4.69, 9.17) is 4.74 Å². The maximum Gasteiger partial charge on any atom is 0.227 e. The van der Waals surface area contributed by atoms with E-state index in [0.717, 1.165) is 19.5 Å². The van der Waals surface area contributed by atoms with E-state index in [1.807, 2.05) is 18.7 Å². The highest BCUT2D eigenvalue weighted by atomic mass is 16.5. The zero-order valence-corrected chi connectivity index (χ0v) is 10.6. The number of nitrogens with one attached hydrogen (secondary N) is 1. The lowest BCUT2D eigenvalue weighted by molar-refractivity contribution is -0.169. The van der Waals surface area contributed by atoms with E-state index >= 15 is 0 Å². The second kappa shape index (κ2) is 4.92. The molecule has 98 valence electrons. The van der Waals surface area contributed by atoms with Gasteiger partial charge in [-0.3, -0.25) is 4.79 Å². The third-order valence-electron chi connectivity index (χ3n) is 3.41. The molecule has 2 fully saturated rings. The number of carbonyl (C=O) groups is 1. The number of nitrogens with zero attached hydrogens (tertiary/aromatic N) is 1. The molecule has 5 heteroatoms. The summed E-state index contributed by atoms with van der Waals surface area (Å²) in [6.45, 7) is 6.71. The standard InChI is InChI=1S/C12H22N2O3/c1-12(2)8-14(6-10(7-15)17-12)11(16)9-3-4-13-5-9/h9-10,13,15H,3-8H2,1-2H3. The molecule has 2 unspecified atom stereocenters. The predicted molar refractivity (Wildman–Crippen MR) is 63.6 cm³/mol. The fraction of sp³-hybridized carbons (Fsp3) is 0.917. The Morgan fingerprint density at radius 3 is 2.94 bits per heavy atom. The quantitative estimate of drug-likeness (QED) is 0.691. The largest absolute Gasteiger partial charge is 0.394 e. The number of hydrogen-bond donors (Lipinski definition) is 2. The maximum atomic E-state index is 12.3. The first-order valence-corrected chi connectivity index (χ1v) is 6.30. The number of amides is 1. The number of morpholine rings is 1. The van der Waals surface area contributed by atoms with Crippen molar-refractivity contribution >= 4 is 5.91 Å². The highest BCUT2D eigenvalue weighted by Crippen LogP contribution is 2.23. The first-order valence-electron chi connectivity index (χ1n) is 6.30. The van der Waals surface area contributed by atoms with Crippen LogP contribution in [0.1, 0.15) is 20.3 Å². The Morgan fingerprint density at radius 1 is 1.59 bits per heavy atom. The van der Waals surface area contributed by atoms with E-state index in [-0.39, 0.29) is 30.1 Å². The highest BCUT2D eigenvalue weighted by molar-refractivity contribution is 5.79. The number of hydrogen-bond acceptors (Lipinski definition) is 4. The van der Waals surface area contributed by atoms with Crippen LogP contribution in [0.2, 0.25) is 0 Å². The first-order chi connectivity index (χ1) is 8.02. The number of aliphatic hydroxyl groups is 1. The Bertz CT molecular complexity index is 287. The van der Waals surface area contributed by atoms with E-state index in [1.54, 1.807) is 0 Å². The van der Waals surface area contributed by atoms with Crippen LogP contribution >= 0.6 is 0 Å². The van der Waals surface area contributed by atoms with Gasteiger partial charge in [0.05, 0.1) is 24.2 Å². The summed E-state index contributed by atoms with van der Waals surface area (Å²) in [7, 11) is 0. The van der Waals surface area contributed by atoms with Gasteiger partial charge in [-0.1, -0.05) is 0 Å². The van der Waals surface area contributed by atoms with Gasteiger partial charge in [-0.15, -0.1) is 0 Å². The lowest BCUT2D eigenvalue weighted by Crippen LogP contribution is -2.56. The van der Waals surface area contributed by atoms with Crippen LogP contribution in [0.4, 0.5) is 0 Å². The van der Waals surface area contributed by atoms with E-state index in [1.165, 1.54) is 0 Å². The van der Waals surface area contributed by atoms with Crippen molar-refractivity contribution in [2.24, 2.45) is 5.92 Å². The smallest absolute Gasteiger partial charge is 0.227 e. The molecule has 2 aliphatic heterocycles. The molecule has 0 aliphatic carbocycles. The third kappa shape index (κ3) is 2.97. The number of ether oxygens (including phenoxy) is 1. The number of carbonyl (C=O) groups excluding carboxylic acids is 1. The molecule has 0 saturated carbocycles. The second-order valence-electron chi connectivity index (χ2n) is 5.59. The van der Waals surface area contributed by atoms with Gasteiger partial charge in [0.15, 0.2) is 0 Å². The van der Waals surface area contributed by atoms with Crippen molar-refractivity contribution in [3.05, 3.63) is 0 Å². The van der Waals surface area contributed by atoms with Crippen molar-refractivity contribution in [1.29, 1.82) is 0 Å². The van der Waals surface area contributed by atoms with Gasteiger partial charge < -0.3 is 20.1 Å². The first kappa shape index (κ1) is 12.8. The van der Waals surface area contributed by atoms with Crippen LogP contribution in [-0.4, -0.2) is 60.4 Å². The van der Waals surface area contributed by atoms with Crippen molar-refractivity contribution in [2.75, 3.05) is 32.8 Å². The zero-order valence-electron chi connectivity index (χ0n) is 10.6. The SMILES string of the molecule is CC1(C)CN(C(=O)C2CCNC2)CC(CO)O1. The minimum atomic E-state index is -0.368. The molecule has 0 aromatic carbocycles. The van der Waals surface area contributed by atoms with Crippen LogP contribution in [0.3, 0.4) is 0 Å². The van der Waals surface area contributed by atoms with Crippen molar-refractivity contribution < 1.29 is 14.6 Å². The molecule has 0 aromatic rings. The molecular weight excluding hydrogens is 220 g/mol. The molecule has 2 aliphatic rings.